The van der Waals surface area contributed by atoms with Crippen molar-refractivity contribution in [1.82, 2.24) is 10.2 Å². The van der Waals surface area contributed by atoms with Gasteiger partial charge in [0.1, 0.15) is 5.70 Å². The fraction of sp³-hybridized carbons (Fsp3) is 0.184. The molecule has 0 aromatic heterocycles. The molecule has 7 rings (SSSR count). The molecule has 1 amide bonds. The monoisotopic (exact) mass is 894 g/mol. The minimum atomic E-state index is -4.59. The third-order valence-corrected chi connectivity index (χ3v) is 8.63. The zero-order valence-corrected chi connectivity index (χ0v) is 34.5. The van der Waals surface area contributed by atoms with Crippen LogP contribution in [0.15, 0.2) is 124 Å². The minimum Gasteiger partial charge on any atom is -0.471 e. The van der Waals surface area contributed by atoms with Gasteiger partial charge in [0.2, 0.25) is 5.96 Å². The topological polar surface area (TPSA) is 106 Å². The van der Waals surface area contributed by atoms with Crippen LogP contribution in [0.4, 0.5) is 35.9 Å². The van der Waals surface area contributed by atoms with E-state index in [1.807, 2.05) is 43.3 Å². The molecule has 0 saturated heterocycles. The molecular weight excluding hydrogens is 863 g/mol. The average Bonchev–Trinajstić information content (AvgIpc) is 3.88. The molecule has 4 aromatic rings. The first-order valence-electron chi connectivity index (χ1n) is 16.8. The van der Waals surface area contributed by atoms with Gasteiger partial charge >= 0.3 is 6.18 Å². The summed E-state index contributed by atoms with van der Waals surface area (Å²) in [6.45, 7) is 4.51. The molecule has 4 aromatic carbocycles. The molecule has 0 fully saturated rings. The molecule has 0 unspecified atom stereocenters. The molecule has 0 aliphatic carbocycles. The van der Waals surface area contributed by atoms with Crippen molar-refractivity contribution in [2.24, 2.45) is 15.0 Å². The van der Waals surface area contributed by atoms with Crippen molar-refractivity contribution in [2.75, 3.05) is 48.3 Å². The lowest BCUT2D eigenvalue weighted by Crippen LogP contribution is -2.51. The van der Waals surface area contributed by atoms with Crippen molar-refractivity contribution in [3.05, 3.63) is 129 Å². The Hall–Kier alpha value is -4.73. The number of nitrogens with one attached hydrogen (secondary N) is 3. The molecule has 0 atom stereocenters. The number of carbonyl (C=O) groups is 1. The molecule has 298 valence electrons. The molecule has 3 aliphatic rings. The molecule has 0 spiro atoms. The number of allylic oxidation sites excluding steroid dienone is 1. The zero-order chi connectivity index (χ0) is 41.4. The Bertz CT molecular complexity index is 2120. The van der Waals surface area contributed by atoms with Crippen molar-refractivity contribution in [2.45, 2.75) is 13.1 Å². The number of fused-ring (bicyclic) bond motifs is 1. The summed E-state index contributed by atoms with van der Waals surface area (Å²) in [5.74, 6) is 0.0565. The summed E-state index contributed by atoms with van der Waals surface area (Å²) in [6, 6.07) is 28.1. The quantitative estimate of drug-likeness (QED) is 0.134. The van der Waals surface area contributed by atoms with Gasteiger partial charge in [-0.1, -0.05) is 46.4 Å². The van der Waals surface area contributed by atoms with Crippen molar-refractivity contribution in [3.8, 4) is 0 Å². The van der Waals surface area contributed by atoms with Crippen molar-refractivity contribution in [3.63, 3.8) is 0 Å². The number of isothiocyanates is 1. The normalized spacial score (nSPS) is 13.9. The Kier molecular flexibility index (Phi) is 17.6. The second-order valence-electron chi connectivity index (χ2n) is 11.3. The van der Waals surface area contributed by atoms with Crippen LogP contribution in [0.25, 0.3) is 0 Å². The van der Waals surface area contributed by atoms with Gasteiger partial charge in [-0.3, -0.25) is 14.8 Å². The van der Waals surface area contributed by atoms with Gasteiger partial charge in [0.25, 0.3) is 11.1 Å². The molecular formula is C38H33Cl4F3N8O2S2. The lowest BCUT2D eigenvalue weighted by Gasteiger charge is -2.34. The highest BCUT2D eigenvalue weighted by molar-refractivity contribution is 7.80. The molecule has 10 nitrogen and oxygen atoms in total. The van der Waals surface area contributed by atoms with Crippen molar-refractivity contribution >= 4 is 122 Å². The number of carbonyl (C=O) groups excluding carboxylic acids is 1. The van der Waals surface area contributed by atoms with Gasteiger partial charge in [-0.2, -0.15) is 18.2 Å². The fourth-order valence-corrected chi connectivity index (χ4v) is 5.66. The molecule has 19 heteroatoms. The predicted molar refractivity (Wildman–Crippen MR) is 233 cm³/mol. The summed E-state index contributed by atoms with van der Waals surface area (Å²) >= 11 is 32.2. The van der Waals surface area contributed by atoms with E-state index in [0.29, 0.717) is 38.6 Å². The third kappa shape index (κ3) is 14.6. The number of ether oxygens (including phenoxy) is 1. The molecule has 57 heavy (non-hydrogen) atoms. The van der Waals surface area contributed by atoms with Crippen LogP contribution < -0.4 is 20.9 Å². The summed E-state index contributed by atoms with van der Waals surface area (Å²) in [4.78, 5) is 26.2. The van der Waals surface area contributed by atoms with E-state index in [1.54, 1.807) is 60.7 Å². The molecule has 3 aliphatic heterocycles. The number of rotatable bonds is 5. The number of benzene rings is 4. The maximum Gasteiger partial charge on any atom is 0.431 e. The Balaban J connectivity index is 0.000000176. The van der Waals surface area contributed by atoms with Gasteiger partial charge in [-0.25, -0.2) is 4.90 Å². The Labute approximate surface area is 358 Å². The second kappa shape index (κ2) is 22.3. The minimum absolute atomic E-state index is 0.00264. The van der Waals surface area contributed by atoms with Crippen LogP contribution in [0.5, 0.6) is 0 Å². The van der Waals surface area contributed by atoms with E-state index in [0.717, 1.165) is 50.9 Å². The summed E-state index contributed by atoms with van der Waals surface area (Å²) in [5, 5.41) is 14.5. The van der Waals surface area contributed by atoms with E-state index in [2.05, 4.69) is 48.3 Å². The van der Waals surface area contributed by atoms with Gasteiger partial charge in [0, 0.05) is 50.6 Å². The van der Waals surface area contributed by atoms with Gasteiger partial charge in [0.15, 0.2) is 5.96 Å². The van der Waals surface area contributed by atoms with Crippen molar-refractivity contribution in [1.29, 1.82) is 0 Å². The van der Waals surface area contributed by atoms with E-state index in [1.165, 1.54) is 0 Å². The highest BCUT2D eigenvalue weighted by Crippen LogP contribution is 2.35. The molecule has 0 saturated carbocycles. The second-order valence-corrected chi connectivity index (χ2v) is 13.6. The first-order chi connectivity index (χ1) is 27.3. The fourth-order valence-electron chi connectivity index (χ4n) is 4.82. The number of halogens is 7. The number of thiocarbonyl (C=S) groups is 2. The number of amides is 1. The number of anilines is 3. The Morgan fingerprint density at radius 3 is 1.91 bits per heavy atom. The summed E-state index contributed by atoms with van der Waals surface area (Å²) < 4.78 is 44.0. The lowest BCUT2D eigenvalue weighted by molar-refractivity contribution is -0.119. The predicted octanol–water partition coefficient (Wildman–Crippen LogP) is 10.7. The van der Waals surface area contributed by atoms with Crippen LogP contribution in [0, 0.1) is 0 Å². The summed E-state index contributed by atoms with van der Waals surface area (Å²) in [7, 11) is 0. The number of hydrogen-bond donors (Lipinski definition) is 3. The zero-order valence-electron chi connectivity index (χ0n) is 29.9. The number of nitrogens with zero attached hydrogens (tertiary/aromatic N) is 5. The first-order valence-corrected chi connectivity index (χ1v) is 19.1. The van der Waals surface area contributed by atoms with Gasteiger partial charge < -0.3 is 25.6 Å². The van der Waals surface area contributed by atoms with E-state index in [4.69, 9.17) is 63.4 Å². The van der Waals surface area contributed by atoms with E-state index in [-0.39, 0.29) is 19.0 Å². The van der Waals surface area contributed by atoms with Crippen LogP contribution in [-0.2, 0) is 9.53 Å². The van der Waals surface area contributed by atoms with Gasteiger partial charge in [0.05, 0.1) is 36.2 Å². The average molecular weight is 897 g/mol. The maximum absolute atomic E-state index is 13.0. The number of guanidine groups is 2. The number of aliphatic imine (C=N–C) groups is 3. The van der Waals surface area contributed by atoms with Gasteiger partial charge in [-0.15, -0.1) is 0 Å². The van der Waals surface area contributed by atoms with Crippen LogP contribution in [0.2, 0.25) is 20.1 Å². The van der Waals surface area contributed by atoms with Crippen LogP contribution >= 0.6 is 70.8 Å². The van der Waals surface area contributed by atoms with E-state index in [9.17, 15) is 18.0 Å². The Morgan fingerprint density at radius 1 is 0.860 bits per heavy atom. The van der Waals surface area contributed by atoms with E-state index < -0.39 is 17.8 Å². The van der Waals surface area contributed by atoms with Crippen LogP contribution in [0.3, 0.4) is 0 Å². The summed E-state index contributed by atoms with van der Waals surface area (Å²) in [5.41, 5.74) is 2.10. The van der Waals surface area contributed by atoms with Gasteiger partial charge in [-0.05, 0) is 128 Å². The number of hydrogen-bond acceptors (Lipinski definition) is 10. The molecule has 3 heterocycles. The van der Waals surface area contributed by atoms with Crippen LogP contribution in [-0.4, -0.2) is 72.0 Å². The molecule has 3 N–H and O–H groups in total. The largest absolute Gasteiger partial charge is 0.471 e. The lowest BCUT2D eigenvalue weighted by atomic mass is 10.2. The summed E-state index contributed by atoms with van der Waals surface area (Å²) in [6.07, 6.45) is -3.99. The third-order valence-electron chi connectivity index (χ3n) is 7.31. The van der Waals surface area contributed by atoms with Crippen molar-refractivity contribution < 1.29 is 22.7 Å². The van der Waals surface area contributed by atoms with E-state index >= 15 is 0 Å². The number of alkyl halides is 3. The molecule has 0 bridgehead atoms. The highest BCUT2D eigenvalue weighted by Gasteiger charge is 2.46. The molecule has 0 radical (unpaired) electrons. The Morgan fingerprint density at radius 2 is 1.40 bits per heavy atom. The smallest absolute Gasteiger partial charge is 0.431 e. The maximum atomic E-state index is 13.0. The van der Waals surface area contributed by atoms with Crippen LogP contribution in [0.1, 0.15) is 6.92 Å². The SMILES string of the molecule is CCOC(=S)Nc1ccc(Cl)cc1.Clc1ccc(NC2=NCCN2)cc1.O=C1C=C(C(F)(F)F)N2CCN=C2N1c1ccc(Cl)cc1.S=C=Nc1ccc(Cl)cc1. The first kappa shape index (κ1) is 45.0. The highest BCUT2D eigenvalue weighted by atomic mass is 35.5. The standard InChI is InChI=1S/C13H9ClF3N3O.C9H10ClN3.C9H10ClNOS.C7H4ClNS/c14-8-1-3-9(4-2-8)20-11(21)7-10(13(15,16)17)19-6-5-18-12(19)20;10-7-1-3-8(4-2-7)13-9-11-5-6-12-9;1-2-12-9(13)11-8-5-3-7(10)4-6-8;8-6-1-3-7(4-2-6)9-5-10/h1-4,7H,5-6H2;1-4H,5-6H2,(H2,11,12,13);3-6H,2H2,1H3,(H,11,13);1-4H.